The van der Waals surface area contributed by atoms with Crippen molar-refractivity contribution in [2.24, 2.45) is 0 Å². The van der Waals surface area contributed by atoms with Crippen LogP contribution in [0.1, 0.15) is 41.6 Å². The topological polar surface area (TPSA) is 71.8 Å². The molecule has 0 saturated carbocycles. The lowest BCUT2D eigenvalue weighted by Gasteiger charge is -2.18. The van der Waals surface area contributed by atoms with Gasteiger partial charge in [0.25, 0.3) is 0 Å². The van der Waals surface area contributed by atoms with Crippen LogP contribution in [0.3, 0.4) is 0 Å². The molecule has 4 aromatic rings. The lowest BCUT2D eigenvalue weighted by molar-refractivity contribution is -0.141. The van der Waals surface area contributed by atoms with Crippen LogP contribution in [0.2, 0.25) is 0 Å². The van der Waals surface area contributed by atoms with E-state index in [0.29, 0.717) is 48.0 Å². The highest BCUT2D eigenvalue weighted by Gasteiger charge is 2.32. The Morgan fingerprint density at radius 2 is 2.05 bits per heavy atom. The number of methoxy groups -OCH3 is 1. The number of nitrogens with zero attached hydrogens (tertiary/aromatic N) is 2. The Balaban J connectivity index is 1.24. The molecule has 0 radical (unpaired) electrons. The zero-order valence-electron chi connectivity index (χ0n) is 20.2. The van der Waals surface area contributed by atoms with Crippen molar-refractivity contribution in [2.75, 3.05) is 13.7 Å². The summed E-state index contributed by atoms with van der Waals surface area (Å²) in [5, 5.41) is 0. The lowest BCUT2D eigenvalue weighted by atomic mass is 9.98. The monoisotopic (exact) mass is 500 g/mol. The minimum atomic E-state index is -0.451. The van der Waals surface area contributed by atoms with Gasteiger partial charge in [-0.25, -0.2) is 9.37 Å². The van der Waals surface area contributed by atoms with Gasteiger partial charge < -0.3 is 23.5 Å². The molecule has 1 aliphatic heterocycles. The van der Waals surface area contributed by atoms with Crippen LogP contribution in [0.25, 0.3) is 5.69 Å². The fourth-order valence-corrected chi connectivity index (χ4v) is 5.08. The van der Waals surface area contributed by atoms with E-state index < -0.39 is 6.10 Å². The predicted molar refractivity (Wildman–Crippen MR) is 133 cm³/mol. The summed E-state index contributed by atoms with van der Waals surface area (Å²) < 4.78 is 40.1. The van der Waals surface area contributed by atoms with Crippen LogP contribution >= 0.6 is 0 Å². The van der Waals surface area contributed by atoms with E-state index in [1.54, 1.807) is 18.6 Å². The molecular weight excluding hydrogens is 475 g/mol. The Morgan fingerprint density at radius 3 is 2.89 bits per heavy atom. The molecule has 0 amide bonds. The summed E-state index contributed by atoms with van der Waals surface area (Å²) >= 11 is 0. The zero-order valence-corrected chi connectivity index (χ0v) is 20.2. The Bertz CT molecular complexity index is 1450. The number of benzene rings is 3. The minimum absolute atomic E-state index is 0.0499. The summed E-state index contributed by atoms with van der Waals surface area (Å²) in [6, 6.07) is 16.3. The number of imidazole rings is 1. The average molecular weight is 501 g/mol. The number of esters is 1. The van der Waals surface area contributed by atoms with Crippen molar-refractivity contribution in [1.29, 1.82) is 0 Å². The highest BCUT2D eigenvalue weighted by molar-refractivity contribution is 5.71. The van der Waals surface area contributed by atoms with Crippen LogP contribution in [0, 0.1) is 5.82 Å². The van der Waals surface area contributed by atoms with Gasteiger partial charge in [-0.3, -0.25) is 4.79 Å². The highest BCUT2D eigenvalue weighted by atomic mass is 19.1. The molecule has 2 atom stereocenters. The number of aromatic nitrogens is 2. The number of hydrogen-bond donors (Lipinski definition) is 0. The number of carbonyl (C=O) groups is 1. The number of carbonyl (C=O) groups excluding carboxylic acids is 1. The second-order valence-corrected chi connectivity index (χ2v) is 9.11. The number of halogens is 1. The molecule has 2 heterocycles. The van der Waals surface area contributed by atoms with E-state index in [1.807, 2.05) is 53.2 Å². The van der Waals surface area contributed by atoms with Crippen molar-refractivity contribution >= 4 is 5.97 Å². The van der Waals surface area contributed by atoms with E-state index in [9.17, 15) is 4.79 Å². The van der Waals surface area contributed by atoms with E-state index in [2.05, 4.69) is 4.98 Å². The molecule has 3 aromatic carbocycles. The van der Waals surface area contributed by atoms with Gasteiger partial charge in [0, 0.05) is 41.1 Å². The van der Waals surface area contributed by atoms with Gasteiger partial charge in [0.05, 0.1) is 32.2 Å². The predicted octanol–water partition coefficient (Wildman–Crippen LogP) is 5.91. The van der Waals surface area contributed by atoms with Crippen LogP contribution in [0.4, 0.5) is 4.39 Å². The third kappa shape index (κ3) is 4.39. The number of para-hydroxylation sites is 2. The molecular formula is C29H25FN2O5. The summed E-state index contributed by atoms with van der Waals surface area (Å²) in [6.07, 6.45) is 6.32. The van der Waals surface area contributed by atoms with Crippen molar-refractivity contribution in [3.63, 3.8) is 0 Å². The Labute approximate surface area is 213 Å². The third-order valence-corrected chi connectivity index (χ3v) is 6.89. The molecule has 37 heavy (non-hydrogen) atoms. The molecule has 6 rings (SSSR count). The Hall–Kier alpha value is -4.33. The quantitative estimate of drug-likeness (QED) is 0.294. The Morgan fingerprint density at radius 1 is 1.16 bits per heavy atom. The van der Waals surface area contributed by atoms with Crippen LogP contribution in [-0.2, 0) is 16.0 Å². The molecule has 0 N–H and O–H groups in total. The van der Waals surface area contributed by atoms with E-state index in [4.69, 9.17) is 18.9 Å². The van der Waals surface area contributed by atoms with Crippen molar-refractivity contribution in [3.8, 4) is 28.7 Å². The van der Waals surface area contributed by atoms with Crippen molar-refractivity contribution in [3.05, 3.63) is 95.8 Å². The average Bonchev–Trinajstić information content (AvgIpc) is 3.67. The van der Waals surface area contributed by atoms with Crippen molar-refractivity contribution in [2.45, 2.75) is 31.3 Å². The van der Waals surface area contributed by atoms with Crippen LogP contribution in [-0.4, -0.2) is 29.2 Å². The second-order valence-electron chi connectivity index (χ2n) is 9.11. The molecule has 0 bridgehead atoms. The standard InChI is InChI=1S/C29H25FN2O5/c1-34-28(33)14-18-16-35-27-15-19(6-7-20(18)27)36-26-10-8-21-24(11-9-22(30)29(21)26)37-25-5-3-2-4-23(25)32-13-12-31-17-32/h2-7,9,11-13,15,17-18,26H,8,10,14,16H2,1H3/t18?,26-/m1/s1. The van der Waals surface area contributed by atoms with Crippen LogP contribution < -0.4 is 14.2 Å². The molecule has 2 aliphatic rings. The summed E-state index contributed by atoms with van der Waals surface area (Å²) in [6.45, 7) is 0.413. The highest BCUT2D eigenvalue weighted by Crippen LogP contribution is 2.44. The van der Waals surface area contributed by atoms with Crippen LogP contribution in [0.5, 0.6) is 23.0 Å². The van der Waals surface area contributed by atoms with Crippen molar-refractivity contribution < 1.29 is 28.1 Å². The third-order valence-electron chi connectivity index (χ3n) is 6.89. The fourth-order valence-electron chi connectivity index (χ4n) is 5.08. The van der Waals surface area contributed by atoms with Gasteiger partial charge in [-0.1, -0.05) is 18.2 Å². The van der Waals surface area contributed by atoms with Gasteiger partial charge in [-0.2, -0.15) is 0 Å². The van der Waals surface area contributed by atoms with E-state index in [1.165, 1.54) is 13.2 Å². The van der Waals surface area contributed by atoms with E-state index in [-0.39, 0.29) is 24.1 Å². The first kappa shape index (κ1) is 23.1. The minimum Gasteiger partial charge on any atom is -0.492 e. The Kier molecular flexibility index (Phi) is 6.00. The maximum Gasteiger partial charge on any atom is 0.306 e. The molecule has 1 aliphatic carbocycles. The first-order valence-electron chi connectivity index (χ1n) is 12.2. The van der Waals surface area contributed by atoms with Gasteiger partial charge in [-0.15, -0.1) is 0 Å². The number of ether oxygens (including phenoxy) is 4. The second kappa shape index (κ2) is 9.61. The fraction of sp³-hybridized carbons (Fsp3) is 0.241. The number of fused-ring (bicyclic) bond motifs is 2. The molecule has 0 fully saturated rings. The molecule has 8 heteroatoms. The van der Waals surface area contributed by atoms with E-state index >= 15 is 4.39 Å². The summed E-state index contributed by atoms with van der Waals surface area (Å²) in [7, 11) is 1.38. The maximum atomic E-state index is 15.1. The first-order valence-corrected chi connectivity index (χ1v) is 12.2. The smallest absolute Gasteiger partial charge is 0.306 e. The molecule has 0 spiro atoms. The lowest BCUT2D eigenvalue weighted by Crippen LogP contribution is -2.09. The summed E-state index contributed by atoms with van der Waals surface area (Å²) in [4.78, 5) is 15.8. The number of rotatable bonds is 7. The van der Waals surface area contributed by atoms with E-state index in [0.717, 1.165) is 16.8 Å². The summed E-state index contributed by atoms with van der Waals surface area (Å²) in [5.74, 6) is 1.89. The normalized spacial score (nSPS) is 17.6. The number of hydrogen-bond acceptors (Lipinski definition) is 6. The molecule has 1 unspecified atom stereocenters. The van der Waals surface area contributed by atoms with Crippen LogP contribution in [0.15, 0.2) is 73.3 Å². The van der Waals surface area contributed by atoms with Gasteiger partial charge in [0.1, 0.15) is 29.2 Å². The molecule has 188 valence electrons. The van der Waals surface area contributed by atoms with Crippen molar-refractivity contribution in [1.82, 2.24) is 9.55 Å². The molecule has 0 saturated heterocycles. The first-order chi connectivity index (χ1) is 18.1. The summed E-state index contributed by atoms with van der Waals surface area (Å²) in [5.41, 5.74) is 3.11. The van der Waals surface area contributed by atoms with Gasteiger partial charge in [0.15, 0.2) is 5.75 Å². The van der Waals surface area contributed by atoms with Gasteiger partial charge in [-0.05, 0) is 43.2 Å². The molecule has 1 aromatic heterocycles. The molecule has 7 nitrogen and oxygen atoms in total. The zero-order chi connectivity index (χ0) is 25.4. The largest absolute Gasteiger partial charge is 0.492 e. The maximum absolute atomic E-state index is 15.1. The van der Waals surface area contributed by atoms with Gasteiger partial charge >= 0.3 is 5.97 Å². The van der Waals surface area contributed by atoms with Gasteiger partial charge in [0.2, 0.25) is 0 Å². The SMILES string of the molecule is COC(=O)CC1COc2cc(O[C@@H]3CCc4c(Oc5ccccc5-n5ccnc5)ccc(F)c43)ccc21.